The van der Waals surface area contributed by atoms with Crippen LogP contribution in [0.1, 0.15) is 28.3 Å². The number of nitrogens with one attached hydrogen (secondary N) is 2. The van der Waals surface area contributed by atoms with Gasteiger partial charge in [-0.2, -0.15) is 0 Å². The Balaban J connectivity index is 1.47. The second kappa shape index (κ2) is 11.4. The van der Waals surface area contributed by atoms with Crippen molar-refractivity contribution < 1.29 is 23.8 Å². The molecule has 3 heterocycles. The van der Waals surface area contributed by atoms with Crippen LogP contribution in [0.5, 0.6) is 11.5 Å². The minimum atomic E-state index is -0.681. The van der Waals surface area contributed by atoms with E-state index in [1.807, 2.05) is 48.5 Å². The molecule has 3 N–H and O–H groups in total. The number of hydrogen-bond acceptors (Lipinski definition) is 6. The zero-order valence-electron chi connectivity index (χ0n) is 22.7. The van der Waals surface area contributed by atoms with Gasteiger partial charge < -0.3 is 34.2 Å². The highest BCUT2D eigenvalue weighted by Gasteiger charge is 2.30. The number of H-pyrrole nitrogens is 1. The predicted molar refractivity (Wildman–Crippen MR) is 156 cm³/mol. The van der Waals surface area contributed by atoms with Crippen LogP contribution in [-0.2, 0) is 11.2 Å². The average molecular weight is 554 g/mol. The highest BCUT2D eigenvalue weighted by atomic mass is 16.5. The first-order chi connectivity index (χ1) is 20.0. The summed E-state index contributed by atoms with van der Waals surface area (Å²) in [6.45, 7) is 2.56. The van der Waals surface area contributed by atoms with E-state index in [4.69, 9.17) is 13.9 Å². The van der Waals surface area contributed by atoms with Crippen molar-refractivity contribution >= 4 is 27.9 Å². The lowest BCUT2D eigenvalue weighted by molar-refractivity contribution is 0.0533. The fourth-order valence-corrected chi connectivity index (χ4v) is 5.59. The van der Waals surface area contributed by atoms with Crippen LogP contribution in [0.4, 0.5) is 4.79 Å². The summed E-state index contributed by atoms with van der Waals surface area (Å²) >= 11 is 0. The van der Waals surface area contributed by atoms with Gasteiger partial charge in [-0.05, 0) is 47.9 Å². The minimum Gasteiger partial charge on any atom is -0.507 e. The highest BCUT2D eigenvalue weighted by molar-refractivity contribution is 5.87. The van der Waals surface area contributed by atoms with E-state index in [0.29, 0.717) is 56.0 Å². The molecule has 0 spiro atoms. The molecule has 0 saturated carbocycles. The molecular weight excluding hydrogens is 522 g/mol. The van der Waals surface area contributed by atoms with E-state index in [2.05, 4.69) is 10.3 Å². The molecule has 1 saturated heterocycles. The Bertz CT molecular complexity index is 1750. The Morgan fingerprint density at radius 2 is 1.73 bits per heavy atom. The maximum atomic E-state index is 13.5. The molecule has 0 aliphatic carbocycles. The van der Waals surface area contributed by atoms with Crippen molar-refractivity contribution in [3.8, 4) is 11.5 Å². The second-order valence-corrected chi connectivity index (χ2v) is 10.00. The van der Waals surface area contributed by atoms with Crippen molar-refractivity contribution in [2.75, 3.05) is 40.0 Å². The van der Waals surface area contributed by atoms with Gasteiger partial charge in [-0.1, -0.05) is 42.5 Å². The Morgan fingerprint density at radius 1 is 1.02 bits per heavy atom. The van der Waals surface area contributed by atoms with Crippen molar-refractivity contribution in [3.63, 3.8) is 0 Å². The quantitative estimate of drug-likeness (QED) is 0.251. The normalized spacial score (nSPS) is 14.3. The molecule has 41 heavy (non-hydrogen) atoms. The van der Waals surface area contributed by atoms with E-state index >= 15 is 0 Å². The van der Waals surface area contributed by atoms with Crippen molar-refractivity contribution in [1.82, 2.24) is 15.2 Å². The molecule has 5 aromatic rings. The van der Waals surface area contributed by atoms with Crippen LogP contribution in [-0.4, -0.2) is 61.0 Å². The fourth-order valence-electron chi connectivity index (χ4n) is 5.59. The van der Waals surface area contributed by atoms with E-state index < -0.39 is 11.5 Å². The van der Waals surface area contributed by atoms with Gasteiger partial charge in [0, 0.05) is 36.2 Å². The number of benzene rings is 3. The number of hydrogen-bond donors (Lipinski definition) is 3. The number of aromatic hydroxyl groups is 1. The third-order valence-electron chi connectivity index (χ3n) is 7.64. The second-order valence-electron chi connectivity index (χ2n) is 10.00. The third kappa shape index (κ3) is 5.12. The van der Waals surface area contributed by atoms with Gasteiger partial charge in [-0.3, -0.25) is 0 Å². The Morgan fingerprint density at radius 3 is 2.49 bits per heavy atom. The summed E-state index contributed by atoms with van der Waals surface area (Å²) in [5.74, 6) is -0.132. The van der Waals surface area contributed by atoms with E-state index in [1.165, 1.54) is 0 Å². The number of carbonyl (C=O) groups is 1. The number of fused-ring (bicyclic) bond motifs is 2. The number of rotatable bonds is 7. The molecule has 0 bridgehead atoms. The first kappa shape index (κ1) is 26.5. The summed E-state index contributed by atoms with van der Waals surface area (Å²) in [5, 5.41) is 16.0. The van der Waals surface area contributed by atoms with E-state index in [1.54, 1.807) is 36.3 Å². The van der Waals surface area contributed by atoms with Gasteiger partial charge >= 0.3 is 11.7 Å². The molecule has 6 rings (SSSR count). The number of morpholine rings is 1. The molecule has 3 aromatic carbocycles. The third-order valence-corrected chi connectivity index (χ3v) is 7.64. The molecule has 2 aromatic heterocycles. The van der Waals surface area contributed by atoms with Crippen LogP contribution in [0, 0.1) is 0 Å². The fraction of sp³-hybridized carbons (Fsp3) is 0.250. The lowest BCUT2D eigenvalue weighted by atomic mass is 9.85. The minimum absolute atomic E-state index is 0.122. The lowest BCUT2D eigenvalue weighted by Gasteiger charge is -2.27. The van der Waals surface area contributed by atoms with Crippen LogP contribution in [0.3, 0.4) is 0 Å². The standard InChI is InChI=1S/C32H31N3O6/c1-39-21-12-10-20(11-13-21)27(28-30(36)24-7-3-5-9-26(24)41-31(28)37)29-23(22-6-2-4-8-25(22)34-29)14-15-33-32(38)35-16-18-40-19-17-35/h2-13,27,34,36H,14-19H2,1H3,(H,33,38). The number of ether oxygens (including phenoxy) is 2. The van der Waals surface area contributed by atoms with E-state index in [0.717, 1.165) is 27.7 Å². The number of amides is 2. The number of carbonyl (C=O) groups excluding carboxylic acids is 1. The van der Waals surface area contributed by atoms with Gasteiger partial charge in [0.05, 0.1) is 37.2 Å². The summed E-state index contributed by atoms with van der Waals surface area (Å²) in [6, 6.07) is 22.1. The molecule has 1 fully saturated rings. The average Bonchev–Trinajstić information content (AvgIpc) is 3.37. The van der Waals surface area contributed by atoms with Gasteiger partial charge in [0.1, 0.15) is 17.1 Å². The van der Waals surface area contributed by atoms with Crippen molar-refractivity contribution in [2.24, 2.45) is 0 Å². The van der Waals surface area contributed by atoms with E-state index in [9.17, 15) is 14.7 Å². The number of nitrogens with zero attached hydrogens (tertiary/aromatic N) is 1. The predicted octanol–water partition coefficient (Wildman–Crippen LogP) is 4.75. The Hall–Kier alpha value is -4.76. The molecular formula is C32H31N3O6. The van der Waals surface area contributed by atoms with Crippen LogP contribution in [0.15, 0.2) is 82.0 Å². The van der Waals surface area contributed by atoms with Gasteiger partial charge in [-0.25, -0.2) is 9.59 Å². The lowest BCUT2D eigenvalue weighted by Crippen LogP contribution is -2.46. The SMILES string of the molecule is COc1ccc(C(c2[nH]c3ccccc3c2CCNC(=O)N2CCOCC2)c2c(O)c3ccccc3oc2=O)cc1. The molecule has 1 atom stereocenters. The molecule has 2 amide bonds. The van der Waals surface area contributed by atoms with Crippen LogP contribution in [0.2, 0.25) is 0 Å². The maximum Gasteiger partial charge on any atom is 0.344 e. The van der Waals surface area contributed by atoms with Crippen LogP contribution in [0.25, 0.3) is 21.9 Å². The van der Waals surface area contributed by atoms with E-state index in [-0.39, 0.29) is 17.3 Å². The molecule has 9 nitrogen and oxygen atoms in total. The summed E-state index contributed by atoms with van der Waals surface area (Å²) in [5.41, 5.74) is 3.18. The number of urea groups is 1. The van der Waals surface area contributed by atoms with Crippen LogP contribution < -0.4 is 15.7 Å². The molecule has 0 radical (unpaired) electrons. The number of para-hydroxylation sites is 2. The summed E-state index contributed by atoms with van der Waals surface area (Å²) in [7, 11) is 1.59. The first-order valence-electron chi connectivity index (χ1n) is 13.6. The molecule has 1 unspecified atom stereocenters. The summed E-state index contributed by atoms with van der Waals surface area (Å²) in [4.78, 5) is 31.6. The van der Waals surface area contributed by atoms with Gasteiger partial charge in [0.25, 0.3) is 0 Å². The number of aromatic amines is 1. The van der Waals surface area contributed by atoms with Crippen LogP contribution >= 0.6 is 0 Å². The number of methoxy groups -OCH3 is 1. The monoisotopic (exact) mass is 553 g/mol. The van der Waals surface area contributed by atoms with Crippen molar-refractivity contribution in [2.45, 2.75) is 12.3 Å². The Labute approximate surface area is 236 Å². The first-order valence-corrected chi connectivity index (χ1v) is 13.6. The zero-order valence-corrected chi connectivity index (χ0v) is 22.7. The highest BCUT2D eigenvalue weighted by Crippen LogP contribution is 2.41. The van der Waals surface area contributed by atoms with Crippen molar-refractivity contribution in [3.05, 3.63) is 106 Å². The summed E-state index contributed by atoms with van der Waals surface area (Å²) < 4.78 is 16.4. The number of aromatic nitrogens is 1. The summed E-state index contributed by atoms with van der Waals surface area (Å²) in [6.07, 6.45) is 0.502. The topological polar surface area (TPSA) is 117 Å². The molecule has 1 aliphatic heterocycles. The van der Waals surface area contributed by atoms with Gasteiger partial charge in [0.15, 0.2) is 0 Å². The van der Waals surface area contributed by atoms with Gasteiger partial charge in [-0.15, -0.1) is 0 Å². The van der Waals surface area contributed by atoms with Gasteiger partial charge in [0.2, 0.25) is 0 Å². The molecule has 1 aliphatic rings. The smallest absolute Gasteiger partial charge is 0.344 e. The zero-order chi connectivity index (χ0) is 28.3. The molecule has 9 heteroatoms. The largest absolute Gasteiger partial charge is 0.507 e. The molecule has 210 valence electrons. The maximum absolute atomic E-state index is 13.5. The van der Waals surface area contributed by atoms with Crippen molar-refractivity contribution in [1.29, 1.82) is 0 Å². The Kier molecular flexibility index (Phi) is 7.35.